The van der Waals surface area contributed by atoms with Gasteiger partial charge in [0.05, 0.1) is 24.3 Å². The zero-order chi connectivity index (χ0) is 24.0. The molecule has 1 aromatic carbocycles. The lowest BCUT2D eigenvalue weighted by Crippen LogP contribution is -2.52. The minimum Gasteiger partial charge on any atom is -0.339 e. The number of carbonyl (C=O) groups is 2. The molecule has 1 saturated heterocycles. The highest BCUT2D eigenvalue weighted by Gasteiger charge is 2.33. The number of para-hydroxylation sites is 1. The van der Waals surface area contributed by atoms with Gasteiger partial charge in [0, 0.05) is 37.1 Å². The van der Waals surface area contributed by atoms with E-state index < -0.39 is 17.6 Å². The normalized spacial score (nSPS) is 16.1. The van der Waals surface area contributed by atoms with Crippen molar-refractivity contribution in [1.29, 1.82) is 0 Å². The lowest BCUT2D eigenvalue weighted by molar-refractivity contribution is -0.137. The molecule has 0 radical (unpaired) electrons. The summed E-state index contributed by atoms with van der Waals surface area (Å²) in [5, 5.41) is 7.74. The Kier molecular flexibility index (Phi) is 8.50. The van der Waals surface area contributed by atoms with Crippen LogP contribution < -0.4 is 10.6 Å². The summed E-state index contributed by atoms with van der Waals surface area (Å²) < 4.78 is 39.3. The Balaban J connectivity index is 1.45. The van der Waals surface area contributed by atoms with E-state index in [4.69, 9.17) is 0 Å². The monoisotopic (exact) mass is 482 g/mol. The zero-order valence-corrected chi connectivity index (χ0v) is 19.5. The molecule has 2 aromatic rings. The van der Waals surface area contributed by atoms with Crippen LogP contribution in [0.25, 0.3) is 0 Å². The van der Waals surface area contributed by atoms with Gasteiger partial charge >= 0.3 is 6.18 Å². The molecule has 0 bridgehead atoms. The lowest BCUT2D eigenvalue weighted by Gasteiger charge is -2.35. The van der Waals surface area contributed by atoms with Gasteiger partial charge in [0.15, 0.2) is 0 Å². The number of alkyl halides is 3. The Morgan fingerprint density at radius 2 is 1.76 bits per heavy atom. The molecule has 6 nitrogen and oxygen atoms in total. The van der Waals surface area contributed by atoms with Crippen LogP contribution in [-0.4, -0.2) is 60.9 Å². The van der Waals surface area contributed by atoms with E-state index in [2.05, 4.69) is 30.5 Å². The van der Waals surface area contributed by atoms with E-state index in [1.54, 1.807) is 16.2 Å². The van der Waals surface area contributed by atoms with Crippen molar-refractivity contribution in [3.05, 3.63) is 52.2 Å². The fourth-order valence-electron chi connectivity index (χ4n) is 3.83. The molecule has 1 atom stereocenters. The summed E-state index contributed by atoms with van der Waals surface area (Å²) in [4.78, 5) is 29.8. The molecule has 2 amide bonds. The summed E-state index contributed by atoms with van der Waals surface area (Å²) in [5.41, 5.74) is -1.12. The van der Waals surface area contributed by atoms with E-state index in [-0.39, 0.29) is 30.7 Å². The highest BCUT2D eigenvalue weighted by atomic mass is 32.1. The fourth-order valence-corrected chi connectivity index (χ4v) is 4.80. The predicted molar refractivity (Wildman–Crippen MR) is 123 cm³/mol. The zero-order valence-electron chi connectivity index (χ0n) is 18.7. The molecule has 2 N–H and O–H groups in total. The molecule has 1 aromatic heterocycles. The standard InChI is InChI=1S/C23H29F3N4O2S/c1-16(2)22(19-8-5-13-33-19)27-14-21(32)30-11-9-29(10-12-30)15-20(31)28-18-7-4-3-6-17(18)23(24,25)26/h3-8,13,16,22,27H,9-12,14-15H2,1-2H3,(H,28,31). The van der Waals surface area contributed by atoms with Gasteiger partial charge in [-0.3, -0.25) is 14.5 Å². The number of nitrogens with one attached hydrogen (secondary N) is 2. The van der Waals surface area contributed by atoms with Crippen LogP contribution in [0.5, 0.6) is 0 Å². The maximum atomic E-state index is 13.1. The fraction of sp³-hybridized carbons (Fsp3) is 0.478. The molecule has 0 saturated carbocycles. The van der Waals surface area contributed by atoms with E-state index in [9.17, 15) is 22.8 Å². The lowest BCUT2D eigenvalue weighted by atomic mass is 10.0. The number of carbonyl (C=O) groups excluding carboxylic acids is 2. The first kappa shape index (κ1) is 25.2. The number of hydrogen-bond donors (Lipinski definition) is 2. The van der Waals surface area contributed by atoms with Crippen molar-refractivity contribution in [2.24, 2.45) is 5.92 Å². The van der Waals surface area contributed by atoms with Gasteiger partial charge in [0.25, 0.3) is 0 Å². The van der Waals surface area contributed by atoms with Crippen LogP contribution in [0.1, 0.15) is 30.3 Å². The van der Waals surface area contributed by atoms with E-state index in [0.29, 0.717) is 32.1 Å². The first-order chi connectivity index (χ1) is 15.6. The molecular formula is C23H29F3N4O2S. The molecule has 3 rings (SSSR count). The average Bonchev–Trinajstić information content (AvgIpc) is 3.28. The Labute approximate surface area is 195 Å². The van der Waals surface area contributed by atoms with Crippen molar-refractivity contribution in [3.63, 3.8) is 0 Å². The van der Waals surface area contributed by atoms with Crippen molar-refractivity contribution >= 4 is 28.8 Å². The molecule has 1 aliphatic heterocycles. The van der Waals surface area contributed by atoms with Gasteiger partial charge in [0.1, 0.15) is 0 Å². The van der Waals surface area contributed by atoms with Gasteiger partial charge in [-0.25, -0.2) is 0 Å². The molecule has 1 aliphatic rings. The summed E-state index contributed by atoms with van der Waals surface area (Å²) in [7, 11) is 0. The van der Waals surface area contributed by atoms with Crippen LogP contribution in [0.4, 0.5) is 18.9 Å². The van der Waals surface area contributed by atoms with Crippen LogP contribution in [0.3, 0.4) is 0 Å². The number of rotatable bonds is 8. The van der Waals surface area contributed by atoms with Crippen LogP contribution >= 0.6 is 11.3 Å². The Bertz CT molecular complexity index is 926. The van der Waals surface area contributed by atoms with Crippen LogP contribution in [-0.2, 0) is 15.8 Å². The van der Waals surface area contributed by atoms with Gasteiger partial charge < -0.3 is 15.5 Å². The second-order valence-corrected chi connectivity index (χ2v) is 9.35. The minimum absolute atomic E-state index is 0.000382. The Morgan fingerprint density at radius 3 is 2.36 bits per heavy atom. The molecule has 2 heterocycles. The van der Waals surface area contributed by atoms with Gasteiger partial charge in [-0.05, 0) is 29.5 Å². The summed E-state index contributed by atoms with van der Waals surface area (Å²) in [6.45, 7) is 6.33. The highest BCUT2D eigenvalue weighted by molar-refractivity contribution is 7.10. The molecule has 0 aliphatic carbocycles. The molecule has 33 heavy (non-hydrogen) atoms. The number of amides is 2. The third-order valence-corrected chi connectivity index (χ3v) is 6.54. The maximum absolute atomic E-state index is 13.1. The minimum atomic E-state index is -4.54. The van der Waals surface area contributed by atoms with Crippen LogP contribution in [0.15, 0.2) is 41.8 Å². The third kappa shape index (κ3) is 7.02. The average molecular weight is 483 g/mol. The topological polar surface area (TPSA) is 64.7 Å². The summed E-state index contributed by atoms with van der Waals surface area (Å²) >= 11 is 1.66. The molecule has 10 heteroatoms. The first-order valence-electron chi connectivity index (χ1n) is 10.9. The van der Waals surface area contributed by atoms with Crippen molar-refractivity contribution in [2.45, 2.75) is 26.1 Å². The Morgan fingerprint density at radius 1 is 1.06 bits per heavy atom. The number of hydrogen-bond acceptors (Lipinski definition) is 5. The Hall–Kier alpha value is -2.43. The highest BCUT2D eigenvalue weighted by Crippen LogP contribution is 2.34. The molecular weight excluding hydrogens is 453 g/mol. The number of halogens is 3. The first-order valence-corrected chi connectivity index (χ1v) is 11.8. The number of benzene rings is 1. The maximum Gasteiger partial charge on any atom is 0.418 e. The molecule has 180 valence electrons. The van der Waals surface area contributed by atoms with Crippen molar-refractivity contribution in [3.8, 4) is 0 Å². The van der Waals surface area contributed by atoms with Gasteiger partial charge in [-0.1, -0.05) is 32.0 Å². The van der Waals surface area contributed by atoms with E-state index >= 15 is 0 Å². The predicted octanol–water partition coefficient (Wildman–Crippen LogP) is 3.84. The second kappa shape index (κ2) is 11.1. The van der Waals surface area contributed by atoms with Crippen LogP contribution in [0.2, 0.25) is 0 Å². The van der Waals surface area contributed by atoms with Gasteiger partial charge in [0.2, 0.25) is 11.8 Å². The smallest absolute Gasteiger partial charge is 0.339 e. The van der Waals surface area contributed by atoms with E-state index in [0.717, 1.165) is 6.07 Å². The quantitative estimate of drug-likeness (QED) is 0.600. The van der Waals surface area contributed by atoms with E-state index in [1.165, 1.54) is 23.1 Å². The summed E-state index contributed by atoms with van der Waals surface area (Å²) in [6, 6.07) is 9.08. The molecule has 1 unspecified atom stereocenters. The number of piperazine rings is 1. The number of thiophene rings is 1. The number of anilines is 1. The largest absolute Gasteiger partial charge is 0.418 e. The number of nitrogens with zero attached hydrogens (tertiary/aromatic N) is 2. The SMILES string of the molecule is CC(C)C(NCC(=O)N1CCN(CC(=O)Nc2ccccc2C(F)(F)F)CC1)c1cccs1. The summed E-state index contributed by atoms with van der Waals surface area (Å²) in [5.74, 6) is -0.168. The van der Waals surface area contributed by atoms with Crippen molar-refractivity contribution in [2.75, 3.05) is 44.6 Å². The second-order valence-electron chi connectivity index (χ2n) is 8.37. The molecule has 1 fully saturated rings. The third-order valence-electron chi connectivity index (χ3n) is 5.59. The van der Waals surface area contributed by atoms with Crippen LogP contribution in [0, 0.1) is 5.92 Å². The summed E-state index contributed by atoms with van der Waals surface area (Å²) in [6.07, 6.45) is -4.54. The van der Waals surface area contributed by atoms with Gasteiger partial charge in [-0.15, -0.1) is 11.3 Å². The van der Waals surface area contributed by atoms with E-state index in [1.807, 2.05) is 16.3 Å². The van der Waals surface area contributed by atoms with Crippen molar-refractivity contribution in [1.82, 2.24) is 15.1 Å². The molecule has 0 spiro atoms. The van der Waals surface area contributed by atoms with Crippen molar-refractivity contribution < 1.29 is 22.8 Å². The van der Waals surface area contributed by atoms with Gasteiger partial charge in [-0.2, -0.15) is 13.2 Å².